The Labute approximate surface area is 181 Å². The fraction of sp³-hybridized carbons (Fsp3) is 0.250. The zero-order valence-electron chi connectivity index (χ0n) is 15.2. The molecule has 0 aliphatic rings. The van der Waals surface area contributed by atoms with Crippen molar-refractivity contribution in [1.82, 2.24) is 4.31 Å². The molecule has 166 valence electrons. The number of nitro groups is 1. The van der Waals surface area contributed by atoms with Crippen LogP contribution in [0.1, 0.15) is 11.6 Å². The van der Waals surface area contributed by atoms with Gasteiger partial charge in [-0.3, -0.25) is 10.1 Å². The number of nitrogens with two attached hydrogens (primary N) is 1. The molecule has 2 aromatic carbocycles. The zero-order valence-corrected chi connectivity index (χ0v) is 17.6. The van der Waals surface area contributed by atoms with Crippen LogP contribution in [0.15, 0.2) is 47.4 Å². The molecule has 2 N–H and O–H groups in total. The summed E-state index contributed by atoms with van der Waals surface area (Å²) in [6, 6.07) is 6.76. The third-order valence-corrected chi connectivity index (χ3v) is 5.95. The summed E-state index contributed by atoms with van der Waals surface area (Å²) in [6.07, 6.45) is -4.91. The van der Waals surface area contributed by atoms with Gasteiger partial charge in [-0.25, -0.2) is 8.42 Å². The Hall–Kier alpha value is -2.12. The average Bonchev–Trinajstić information content (AvgIpc) is 2.62. The molecule has 1 unspecified atom stereocenters. The number of hydrogen-bond donors (Lipinski definition) is 1. The second-order valence-electron chi connectivity index (χ2n) is 5.88. The first-order chi connectivity index (χ1) is 13.3. The molecule has 0 radical (unpaired) electrons. The number of benzene rings is 2. The van der Waals surface area contributed by atoms with Crippen LogP contribution >= 0.6 is 24.0 Å². The van der Waals surface area contributed by atoms with Crippen LogP contribution in [0.25, 0.3) is 0 Å². The lowest BCUT2D eigenvalue weighted by molar-refractivity contribution is -0.384. The lowest BCUT2D eigenvalue weighted by Crippen LogP contribution is -2.34. The smallest absolute Gasteiger partial charge is 0.404 e. The minimum atomic E-state index is -4.91. The van der Waals surface area contributed by atoms with E-state index in [1.54, 1.807) is 0 Å². The molecule has 0 saturated carbocycles. The fourth-order valence-corrected chi connectivity index (χ4v) is 3.78. The second kappa shape index (κ2) is 9.79. The molecule has 30 heavy (non-hydrogen) atoms. The standard InChI is InChI=1S/C16H15ClF3N3O5S.ClH/c1-22(29(26,27)12-5-3-11(4-6-12)23(24)25)9-14(21)10-2-7-15(13(17)8-10)28-16(18,19)20;/h2-8,14H,9,21H2,1H3;1H. The molecule has 2 rings (SSSR count). The molecule has 0 aliphatic carbocycles. The third-order valence-electron chi connectivity index (χ3n) is 3.82. The van der Waals surface area contributed by atoms with E-state index in [1.165, 1.54) is 13.1 Å². The number of non-ortho nitro benzene ring substituents is 1. The maximum atomic E-state index is 12.6. The van der Waals surface area contributed by atoms with Crippen molar-refractivity contribution < 1.29 is 31.2 Å². The third kappa shape index (κ3) is 6.44. The van der Waals surface area contributed by atoms with Gasteiger partial charge in [0.15, 0.2) is 0 Å². The van der Waals surface area contributed by atoms with E-state index in [1.807, 2.05) is 0 Å². The first-order valence-corrected chi connectivity index (χ1v) is 9.64. The van der Waals surface area contributed by atoms with Crippen LogP contribution in [0.4, 0.5) is 18.9 Å². The van der Waals surface area contributed by atoms with Gasteiger partial charge in [0, 0.05) is 31.8 Å². The first-order valence-electron chi connectivity index (χ1n) is 7.83. The summed E-state index contributed by atoms with van der Waals surface area (Å²) in [7, 11) is -2.75. The highest BCUT2D eigenvalue weighted by atomic mass is 35.5. The van der Waals surface area contributed by atoms with Gasteiger partial charge >= 0.3 is 6.36 Å². The minimum absolute atomic E-state index is 0. The van der Waals surface area contributed by atoms with E-state index in [2.05, 4.69) is 4.74 Å². The molecule has 0 spiro atoms. The van der Waals surface area contributed by atoms with Gasteiger partial charge in [-0.15, -0.1) is 25.6 Å². The summed E-state index contributed by atoms with van der Waals surface area (Å²) in [5, 5.41) is 10.3. The van der Waals surface area contributed by atoms with E-state index in [-0.39, 0.29) is 40.1 Å². The van der Waals surface area contributed by atoms with Crippen molar-refractivity contribution in [3.8, 4) is 5.75 Å². The second-order valence-corrected chi connectivity index (χ2v) is 8.33. The van der Waals surface area contributed by atoms with Gasteiger partial charge in [-0.1, -0.05) is 17.7 Å². The van der Waals surface area contributed by atoms with Crippen LogP contribution in [-0.4, -0.2) is 37.6 Å². The average molecular weight is 490 g/mol. The highest BCUT2D eigenvalue weighted by molar-refractivity contribution is 7.89. The number of ether oxygens (including phenoxy) is 1. The zero-order chi connectivity index (χ0) is 22.0. The van der Waals surface area contributed by atoms with Crippen LogP contribution in [-0.2, 0) is 10.0 Å². The predicted octanol–water partition coefficient (Wildman–Crippen LogP) is 3.89. The monoisotopic (exact) mass is 489 g/mol. The van der Waals surface area contributed by atoms with Crippen molar-refractivity contribution in [2.24, 2.45) is 5.73 Å². The molecule has 0 amide bonds. The maximum Gasteiger partial charge on any atom is 0.573 e. The van der Waals surface area contributed by atoms with E-state index < -0.39 is 33.1 Å². The normalized spacial score (nSPS) is 12.9. The van der Waals surface area contributed by atoms with E-state index in [9.17, 15) is 31.7 Å². The highest BCUT2D eigenvalue weighted by Gasteiger charge is 2.32. The van der Waals surface area contributed by atoms with Crippen molar-refractivity contribution in [2.45, 2.75) is 17.3 Å². The van der Waals surface area contributed by atoms with Crippen molar-refractivity contribution in [1.29, 1.82) is 0 Å². The SMILES string of the molecule is CN(CC(N)c1ccc(OC(F)(F)F)c(Cl)c1)S(=O)(=O)c1ccc([N+](=O)[O-])cc1.Cl. The number of nitro benzene ring substituents is 1. The number of halogens is 5. The Morgan fingerprint density at radius 1 is 1.23 bits per heavy atom. The summed E-state index contributed by atoms with van der Waals surface area (Å²) in [5.74, 6) is -0.609. The fourth-order valence-electron chi connectivity index (χ4n) is 2.36. The van der Waals surface area contributed by atoms with E-state index in [4.69, 9.17) is 17.3 Å². The molecule has 0 fully saturated rings. The summed E-state index contributed by atoms with van der Waals surface area (Å²) in [5.41, 5.74) is 5.99. The Bertz CT molecular complexity index is 1000. The molecular weight excluding hydrogens is 474 g/mol. The summed E-state index contributed by atoms with van der Waals surface area (Å²) >= 11 is 5.77. The highest BCUT2D eigenvalue weighted by Crippen LogP contribution is 2.32. The molecule has 2 aromatic rings. The van der Waals surface area contributed by atoms with Crippen LogP contribution in [0, 0.1) is 10.1 Å². The van der Waals surface area contributed by atoms with Crippen molar-refractivity contribution in [2.75, 3.05) is 13.6 Å². The van der Waals surface area contributed by atoms with E-state index in [0.29, 0.717) is 0 Å². The lowest BCUT2D eigenvalue weighted by atomic mass is 10.1. The van der Waals surface area contributed by atoms with E-state index >= 15 is 0 Å². The Morgan fingerprint density at radius 3 is 2.27 bits per heavy atom. The van der Waals surface area contributed by atoms with Crippen LogP contribution in [0.5, 0.6) is 5.75 Å². The number of likely N-dealkylation sites (N-methyl/N-ethyl adjacent to an activating group) is 1. The van der Waals surface area contributed by atoms with Crippen molar-refractivity contribution >= 4 is 39.7 Å². The summed E-state index contributed by atoms with van der Waals surface area (Å²) in [4.78, 5) is 9.84. The largest absolute Gasteiger partial charge is 0.573 e. The predicted molar refractivity (Wildman–Crippen MR) is 105 cm³/mol. The van der Waals surface area contributed by atoms with Gasteiger partial charge in [-0.2, -0.15) is 4.31 Å². The van der Waals surface area contributed by atoms with Crippen LogP contribution in [0.2, 0.25) is 5.02 Å². The number of hydrogen-bond acceptors (Lipinski definition) is 6. The van der Waals surface area contributed by atoms with Gasteiger partial charge in [0.1, 0.15) is 5.75 Å². The molecule has 0 aromatic heterocycles. The Morgan fingerprint density at radius 2 is 1.80 bits per heavy atom. The van der Waals surface area contributed by atoms with Gasteiger partial charge in [0.2, 0.25) is 10.0 Å². The molecule has 0 bridgehead atoms. The molecule has 14 heteroatoms. The van der Waals surface area contributed by atoms with Crippen molar-refractivity contribution in [3.05, 3.63) is 63.2 Å². The quantitative estimate of drug-likeness (QED) is 0.465. The number of rotatable bonds is 7. The van der Waals surface area contributed by atoms with Crippen LogP contribution < -0.4 is 10.5 Å². The van der Waals surface area contributed by atoms with Gasteiger partial charge < -0.3 is 10.5 Å². The molecule has 1 atom stereocenters. The lowest BCUT2D eigenvalue weighted by Gasteiger charge is -2.22. The van der Waals surface area contributed by atoms with Crippen LogP contribution in [0.3, 0.4) is 0 Å². The molecular formula is C16H16Cl2F3N3O5S. The maximum absolute atomic E-state index is 12.6. The topological polar surface area (TPSA) is 116 Å². The number of alkyl halides is 3. The Kier molecular flexibility index (Phi) is 8.46. The Balaban J connectivity index is 0.00000450. The number of sulfonamides is 1. The van der Waals surface area contributed by atoms with Crippen molar-refractivity contribution in [3.63, 3.8) is 0 Å². The van der Waals surface area contributed by atoms with E-state index in [0.717, 1.165) is 40.7 Å². The first kappa shape index (κ1) is 25.9. The van der Waals surface area contributed by atoms with Gasteiger partial charge in [-0.05, 0) is 29.8 Å². The number of nitrogens with zero attached hydrogens (tertiary/aromatic N) is 2. The molecule has 0 saturated heterocycles. The molecule has 0 aliphatic heterocycles. The van der Waals surface area contributed by atoms with Gasteiger partial charge in [0.05, 0.1) is 14.8 Å². The minimum Gasteiger partial charge on any atom is -0.404 e. The summed E-state index contributed by atoms with van der Waals surface area (Å²) < 4.78 is 66.8. The summed E-state index contributed by atoms with van der Waals surface area (Å²) in [6.45, 7) is -0.227. The molecule has 0 heterocycles. The molecule has 8 nitrogen and oxygen atoms in total. The van der Waals surface area contributed by atoms with Gasteiger partial charge in [0.25, 0.3) is 5.69 Å².